The Balaban J connectivity index is 2.12. The smallest absolute Gasteiger partial charge is 0.0991 e. The molecule has 0 bridgehead atoms. The Morgan fingerprint density at radius 1 is 1.41 bits per heavy atom. The number of halogens is 1. The summed E-state index contributed by atoms with van der Waals surface area (Å²) in [5.41, 5.74) is 2.16. The molecule has 0 saturated carbocycles. The summed E-state index contributed by atoms with van der Waals surface area (Å²) in [5, 5.41) is 4.13. The monoisotopic (exact) mass is 249 g/mol. The Bertz CT molecular complexity index is 466. The lowest BCUT2D eigenvalue weighted by molar-refractivity contribution is 0.675. The lowest BCUT2D eigenvalue weighted by Gasteiger charge is -2.08. The summed E-state index contributed by atoms with van der Waals surface area (Å²) in [6, 6.07) is 6.07. The first-order valence-electron chi connectivity index (χ1n) is 5.78. The highest BCUT2D eigenvalue weighted by Crippen LogP contribution is 2.20. The van der Waals surface area contributed by atoms with Crippen molar-refractivity contribution in [2.75, 3.05) is 6.54 Å². The van der Waals surface area contributed by atoms with Crippen LogP contribution in [-0.4, -0.2) is 16.1 Å². The van der Waals surface area contributed by atoms with Gasteiger partial charge in [-0.15, -0.1) is 0 Å². The molecule has 0 saturated heterocycles. The van der Waals surface area contributed by atoms with Crippen LogP contribution in [0.15, 0.2) is 36.9 Å². The maximum Gasteiger partial charge on any atom is 0.0991 e. The fourth-order valence-electron chi connectivity index (χ4n) is 1.65. The van der Waals surface area contributed by atoms with Gasteiger partial charge in [0.05, 0.1) is 6.33 Å². The molecule has 2 aromatic rings. The molecule has 0 aliphatic heterocycles. The molecule has 17 heavy (non-hydrogen) atoms. The number of benzene rings is 1. The van der Waals surface area contributed by atoms with Crippen molar-refractivity contribution in [1.29, 1.82) is 0 Å². The standard InChI is InChI=1S/C13H16ClN3/c1-2-5-15-9-11-3-4-12(8-13(11)14)17-7-6-16-10-17/h3-4,6-8,10,15H,2,5,9H2,1H3. The van der Waals surface area contributed by atoms with E-state index in [1.165, 1.54) is 0 Å². The summed E-state index contributed by atoms with van der Waals surface area (Å²) in [6.07, 6.45) is 6.55. The van der Waals surface area contributed by atoms with Gasteiger partial charge in [-0.2, -0.15) is 0 Å². The summed E-state index contributed by atoms with van der Waals surface area (Å²) in [4.78, 5) is 4.02. The average Bonchev–Trinajstić information content (AvgIpc) is 2.85. The minimum Gasteiger partial charge on any atom is -0.313 e. The molecule has 1 N–H and O–H groups in total. The van der Waals surface area contributed by atoms with E-state index in [4.69, 9.17) is 11.6 Å². The number of hydrogen-bond donors (Lipinski definition) is 1. The van der Waals surface area contributed by atoms with Crippen LogP contribution in [0.3, 0.4) is 0 Å². The molecular weight excluding hydrogens is 234 g/mol. The zero-order valence-corrected chi connectivity index (χ0v) is 10.6. The van der Waals surface area contributed by atoms with Crippen LogP contribution in [0.25, 0.3) is 5.69 Å². The van der Waals surface area contributed by atoms with Gasteiger partial charge in [0.1, 0.15) is 0 Å². The second-order valence-electron chi connectivity index (χ2n) is 3.92. The second kappa shape index (κ2) is 5.84. The molecule has 0 aliphatic rings. The molecule has 4 heteroatoms. The Labute approximate surface area is 106 Å². The molecule has 0 amide bonds. The molecule has 3 nitrogen and oxygen atoms in total. The van der Waals surface area contributed by atoms with E-state index in [1.54, 1.807) is 12.5 Å². The van der Waals surface area contributed by atoms with E-state index in [0.717, 1.165) is 35.8 Å². The van der Waals surface area contributed by atoms with Gasteiger partial charge >= 0.3 is 0 Å². The van der Waals surface area contributed by atoms with E-state index in [9.17, 15) is 0 Å². The highest BCUT2D eigenvalue weighted by molar-refractivity contribution is 6.31. The summed E-state index contributed by atoms with van der Waals surface area (Å²) < 4.78 is 1.94. The van der Waals surface area contributed by atoms with E-state index in [0.29, 0.717) is 0 Å². The van der Waals surface area contributed by atoms with Crippen molar-refractivity contribution < 1.29 is 0 Å². The molecule has 1 heterocycles. The average molecular weight is 250 g/mol. The van der Waals surface area contributed by atoms with Crippen LogP contribution in [0.4, 0.5) is 0 Å². The first kappa shape index (κ1) is 12.1. The van der Waals surface area contributed by atoms with Crippen molar-refractivity contribution in [2.45, 2.75) is 19.9 Å². The number of rotatable bonds is 5. The minimum atomic E-state index is 0.791. The van der Waals surface area contributed by atoms with Gasteiger partial charge in [0.25, 0.3) is 0 Å². The molecule has 0 spiro atoms. The molecule has 0 aliphatic carbocycles. The Hall–Kier alpha value is -1.32. The summed E-state index contributed by atoms with van der Waals surface area (Å²) >= 11 is 6.25. The first-order chi connectivity index (χ1) is 8.31. The van der Waals surface area contributed by atoms with Gasteiger partial charge in [-0.25, -0.2) is 4.98 Å². The Morgan fingerprint density at radius 2 is 2.29 bits per heavy atom. The van der Waals surface area contributed by atoms with Crippen molar-refractivity contribution in [3.63, 3.8) is 0 Å². The third kappa shape index (κ3) is 3.08. The van der Waals surface area contributed by atoms with Crippen LogP contribution in [0.2, 0.25) is 5.02 Å². The Morgan fingerprint density at radius 3 is 2.94 bits per heavy atom. The quantitative estimate of drug-likeness (QED) is 0.826. The molecule has 1 aromatic heterocycles. The molecule has 90 valence electrons. The largest absolute Gasteiger partial charge is 0.313 e. The van der Waals surface area contributed by atoms with Crippen LogP contribution < -0.4 is 5.32 Å². The normalized spacial score (nSPS) is 10.7. The van der Waals surface area contributed by atoms with Crippen molar-refractivity contribution in [2.24, 2.45) is 0 Å². The first-order valence-corrected chi connectivity index (χ1v) is 6.16. The topological polar surface area (TPSA) is 29.9 Å². The number of imidazole rings is 1. The minimum absolute atomic E-state index is 0.791. The zero-order chi connectivity index (χ0) is 12.1. The van der Waals surface area contributed by atoms with Crippen LogP contribution in [0.5, 0.6) is 0 Å². The van der Waals surface area contributed by atoms with Crippen LogP contribution >= 0.6 is 11.6 Å². The van der Waals surface area contributed by atoms with Gasteiger partial charge in [0, 0.05) is 29.6 Å². The third-order valence-corrected chi connectivity index (χ3v) is 2.93. The van der Waals surface area contributed by atoms with Crippen molar-refractivity contribution in [3.05, 3.63) is 47.5 Å². The Kier molecular flexibility index (Phi) is 4.18. The molecule has 1 aromatic carbocycles. The van der Waals surface area contributed by atoms with Gasteiger partial charge in [-0.05, 0) is 30.7 Å². The lowest BCUT2D eigenvalue weighted by Crippen LogP contribution is -2.14. The van der Waals surface area contributed by atoms with Crippen molar-refractivity contribution >= 4 is 11.6 Å². The number of nitrogens with zero attached hydrogens (tertiary/aromatic N) is 2. The highest BCUT2D eigenvalue weighted by atomic mass is 35.5. The van der Waals surface area contributed by atoms with E-state index < -0.39 is 0 Å². The van der Waals surface area contributed by atoms with Crippen molar-refractivity contribution in [3.8, 4) is 5.69 Å². The van der Waals surface area contributed by atoms with Gasteiger partial charge in [-0.3, -0.25) is 0 Å². The van der Waals surface area contributed by atoms with Crippen LogP contribution in [0, 0.1) is 0 Å². The molecule has 0 unspecified atom stereocenters. The maximum absolute atomic E-state index is 6.25. The van der Waals surface area contributed by atoms with Gasteiger partial charge in [0.2, 0.25) is 0 Å². The summed E-state index contributed by atoms with van der Waals surface area (Å²) in [7, 11) is 0. The fraction of sp³-hybridized carbons (Fsp3) is 0.308. The molecule has 2 rings (SSSR count). The van der Waals surface area contributed by atoms with Crippen LogP contribution in [0.1, 0.15) is 18.9 Å². The van der Waals surface area contributed by atoms with E-state index in [1.807, 2.05) is 16.8 Å². The number of hydrogen-bond acceptors (Lipinski definition) is 2. The second-order valence-corrected chi connectivity index (χ2v) is 4.33. The third-order valence-electron chi connectivity index (χ3n) is 2.58. The maximum atomic E-state index is 6.25. The predicted octanol–water partition coefficient (Wildman–Crippen LogP) is 3.03. The van der Waals surface area contributed by atoms with Gasteiger partial charge < -0.3 is 9.88 Å². The molecule has 0 atom stereocenters. The summed E-state index contributed by atoms with van der Waals surface area (Å²) in [5.74, 6) is 0. The lowest BCUT2D eigenvalue weighted by atomic mass is 10.2. The van der Waals surface area contributed by atoms with Gasteiger partial charge in [-0.1, -0.05) is 24.6 Å². The highest BCUT2D eigenvalue weighted by Gasteiger charge is 2.02. The molecule has 0 radical (unpaired) electrons. The predicted molar refractivity (Wildman–Crippen MR) is 70.6 cm³/mol. The zero-order valence-electron chi connectivity index (χ0n) is 9.86. The van der Waals surface area contributed by atoms with Crippen LogP contribution in [-0.2, 0) is 6.54 Å². The molecule has 0 fully saturated rings. The summed E-state index contributed by atoms with van der Waals surface area (Å²) in [6.45, 7) is 3.98. The van der Waals surface area contributed by atoms with Gasteiger partial charge in [0.15, 0.2) is 0 Å². The fourth-order valence-corrected chi connectivity index (χ4v) is 1.89. The van der Waals surface area contributed by atoms with E-state index >= 15 is 0 Å². The van der Waals surface area contributed by atoms with Crippen molar-refractivity contribution in [1.82, 2.24) is 14.9 Å². The molecular formula is C13H16ClN3. The van der Waals surface area contributed by atoms with E-state index in [2.05, 4.69) is 29.4 Å². The SMILES string of the molecule is CCCNCc1ccc(-n2ccnc2)cc1Cl. The number of aromatic nitrogens is 2. The van der Waals surface area contributed by atoms with E-state index in [-0.39, 0.29) is 0 Å². The number of nitrogens with one attached hydrogen (secondary N) is 1.